The Morgan fingerprint density at radius 3 is 2.92 bits per heavy atom. The number of benzene rings is 2. The Morgan fingerprint density at radius 1 is 1.38 bits per heavy atom. The number of ether oxygens (including phenoxy) is 1. The molecular weight excluding hydrogens is 515 g/mol. The van der Waals surface area contributed by atoms with E-state index in [2.05, 4.69) is 26.5 Å². The summed E-state index contributed by atoms with van der Waals surface area (Å²) in [6.45, 7) is 2.47. The van der Waals surface area contributed by atoms with Crippen molar-refractivity contribution in [3.05, 3.63) is 55.8 Å². The predicted molar refractivity (Wildman–Crippen MR) is 111 cm³/mol. The van der Waals surface area contributed by atoms with Crippen molar-refractivity contribution in [1.82, 2.24) is 5.43 Å². The van der Waals surface area contributed by atoms with Gasteiger partial charge in [-0.25, -0.2) is 5.43 Å². The predicted octanol–water partition coefficient (Wildman–Crippen LogP) is 4.67. The first kappa shape index (κ1) is 18.7. The number of halogens is 2. The zero-order valence-corrected chi connectivity index (χ0v) is 17.4. The molecule has 134 valence electrons. The van der Waals surface area contributed by atoms with Crippen LogP contribution in [0.25, 0.3) is 11.0 Å². The number of carbonyl (C=O) groups excluding carboxylic acids is 1. The van der Waals surface area contributed by atoms with E-state index in [-0.39, 0.29) is 11.5 Å². The van der Waals surface area contributed by atoms with Gasteiger partial charge in [0.05, 0.1) is 20.9 Å². The van der Waals surface area contributed by atoms with Crippen LogP contribution in [0.3, 0.4) is 0 Å². The van der Waals surface area contributed by atoms with Crippen LogP contribution in [0, 0.1) is 3.57 Å². The minimum absolute atomic E-state index is 0.160. The molecule has 0 fully saturated rings. The zero-order valence-electron chi connectivity index (χ0n) is 13.6. The molecule has 0 aliphatic rings. The van der Waals surface area contributed by atoms with E-state index in [0.29, 0.717) is 20.2 Å². The van der Waals surface area contributed by atoms with Crippen molar-refractivity contribution in [3.63, 3.8) is 0 Å². The Balaban J connectivity index is 1.72. The second-order valence-corrected chi connectivity index (χ2v) is 7.29. The molecule has 0 unspecified atom stereocenters. The van der Waals surface area contributed by atoms with Crippen LogP contribution < -0.4 is 10.2 Å². The van der Waals surface area contributed by atoms with Crippen LogP contribution >= 0.6 is 38.5 Å². The quantitative estimate of drug-likeness (QED) is 0.286. The number of rotatable bonds is 5. The molecule has 0 spiro atoms. The van der Waals surface area contributed by atoms with E-state index in [1.807, 2.05) is 35.6 Å². The molecule has 0 bridgehead atoms. The van der Waals surface area contributed by atoms with E-state index in [1.165, 1.54) is 6.21 Å². The maximum absolute atomic E-state index is 12.2. The number of nitrogens with one attached hydrogen (secondary N) is 1. The number of nitrogens with zero attached hydrogens (tertiary/aromatic N) is 1. The standard InChI is InChI=1S/C18H14BrIN2O4/c1-2-25-12-3-4-15-11(7-12)8-16(26-15)18(24)22-21-9-10-5-13(19)17(23)14(20)6-10/h3-9,23H,2H2,1H3,(H,22,24)/b21-9+. The van der Waals surface area contributed by atoms with Gasteiger partial charge >= 0.3 is 5.91 Å². The third-order valence-electron chi connectivity index (χ3n) is 3.44. The lowest BCUT2D eigenvalue weighted by atomic mass is 10.2. The van der Waals surface area contributed by atoms with E-state index in [1.54, 1.807) is 30.3 Å². The molecule has 0 saturated heterocycles. The number of hydrogen-bond donors (Lipinski definition) is 2. The number of fused-ring (bicyclic) bond motifs is 1. The Hall–Kier alpha value is -2.07. The summed E-state index contributed by atoms with van der Waals surface area (Å²) in [7, 11) is 0. The molecule has 2 N–H and O–H groups in total. The van der Waals surface area contributed by atoms with Gasteiger partial charge in [-0.05, 0) is 87.4 Å². The van der Waals surface area contributed by atoms with Gasteiger partial charge in [0.1, 0.15) is 17.1 Å². The number of phenolic OH excluding ortho intramolecular Hbond substituents is 1. The number of phenols is 1. The van der Waals surface area contributed by atoms with E-state index in [9.17, 15) is 9.90 Å². The summed E-state index contributed by atoms with van der Waals surface area (Å²) >= 11 is 5.27. The lowest BCUT2D eigenvalue weighted by molar-refractivity contribution is 0.0929. The van der Waals surface area contributed by atoms with Crippen LogP contribution in [0.15, 0.2) is 50.4 Å². The van der Waals surface area contributed by atoms with Crippen LogP contribution in [0.5, 0.6) is 11.5 Å². The molecule has 2 aromatic carbocycles. The number of amides is 1. The first-order chi connectivity index (χ1) is 12.5. The Morgan fingerprint density at radius 2 is 2.19 bits per heavy atom. The third-order valence-corrected chi connectivity index (χ3v) is 4.87. The molecule has 1 aromatic heterocycles. The minimum atomic E-state index is -0.456. The van der Waals surface area contributed by atoms with E-state index in [4.69, 9.17) is 9.15 Å². The highest BCUT2D eigenvalue weighted by molar-refractivity contribution is 14.1. The lowest BCUT2D eigenvalue weighted by Gasteiger charge is -2.02. The average Bonchev–Trinajstić information content (AvgIpc) is 3.03. The van der Waals surface area contributed by atoms with Gasteiger partial charge in [-0.15, -0.1) is 0 Å². The van der Waals surface area contributed by atoms with Crippen molar-refractivity contribution in [2.45, 2.75) is 6.92 Å². The monoisotopic (exact) mass is 528 g/mol. The smallest absolute Gasteiger partial charge is 0.307 e. The van der Waals surface area contributed by atoms with E-state index < -0.39 is 5.91 Å². The van der Waals surface area contributed by atoms with Crippen LogP contribution in [-0.2, 0) is 0 Å². The molecule has 1 amide bonds. The van der Waals surface area contributed by atoms with Crippen LogP contribution in [0.4, 0.5) is 0 Å². The molecule has 8 heteroatoms. The Bertz CT molecular complexity index is 977. The fourth-order valence-corrected chi connectivity index (χ4v) is 3.77. The second kappa shape index (κ2) is 8.09. The number of hydrogen-bond acceptors (Lipinski definition) is 5. The molecule has 26 heavy (non-hydrogen) atoms. The molecule has 6 nitrogen and oxygen atoms in total. The fraction of sp³-hybridized carbons (Fsp3) is 0.111. The molecule has 0 saturated carbocycles. The van der Waals surface area contributed by atoms with Crippen molar-refractivity contribution in [1.29, 1.82) is 0 Å². The molecule has 1 heterocycles. The summed E-state index contributed by atoms with van der Waals surface area (Å²) < 4.78 is 12.2. The summed E-state index contributed by atoms with van der Waals surface area (Å²) in [6, 6.07) is 10.5. The topological polar surface area (TPSA) is 84.1 Å². The molecule has 0 aliphatic heterocycles. The van der Waals surface area contributed by atoms with Gasteiger partial charge in [0.15, 0.2) is 5.76 Å². The molecule has 3 rings (SSSR count). The van der Waals surface area contributed by atoms with Crippen molar-refractivity contribution in [3.8, 4) is 11.5 Å². The van der Waals surface area contributed by atoms with Gasteiger partial charge in [0.2, 0.25) is 0 Å². The molecule has 0 atom stereocenters. The van der Waals surface area contributed by atoms with Gasteiger partial charge in [0.25, 0.3) is 0 Å². The SMILES string of the molecule is CCOc1ccc2oc(C(=O)N/N=C/c3cc(Br)c(O)c(I)c3)cc2c1. The largest absolute Gasteiger partial charge is 0.506 e. The lowest BCUT2D eigenvalue weighted by Crippen LogP contribution is -2.16. The Labute approximate surface area is 171 Å². The summed E-state index contributed by atoms with van der Waals surface area (Å²) in [5.74, 6) is 0.592. The highest BCUT2D eigenvalue weighted by Crippen LogP contribution is 2.30. The van der Waals surface area contributed by atoms with Crippen LogP contribution in [-0.4, -0.2) is 23.8 Å². The number of carbonyl (C=O) groups is 1. The maximum atomic E-state index is 12.2. The number of furan rings is 1. The van der Waals surface area contributed by atoms with Crippen LogP contribution in [0.2, 0.25) is 0 Å². The van der Waals surface area contributed by atoms with Gasteiger partial charge < -0.3 is 14.3 Å². The normalized spacial score (nSPS) is 11.2. The van der Waals surface area contributed by atoms with Gasteiger partial charge in [-0.1, -0.05) is 0 Å². The summed E-state index contributed by atoms with van der Waals surface area (Å²) in [5, 5.41) is 14.4. The van der Waals surface area contributed by atoms with Crippen molar-refractivity contribution < 1.29 is 19.1 Å². The summed E-state index contributed by atoms with van der Waals surface area (Å²) in [5.41, 5.74) is 3.75. The molecule has 3 aromatic rings. The average molecular weight is 529 g/mol. The Kier molecular flexibility index (Phi) is 5.82. The summed E-state index contributed by atoms with van der Waals surface area (Å²) in [6.07, 6.45) is 1.49. The molecule has 0 radical (unpaired) electrons. The van der Waals surface area contributed by atoms with Crippen molar-refractivity contribution in [2.75, 3.05) is 6.61 Å². The van der Waals surface area contributed by atoms with Crippen molar-refractivity contribution >= 4 is 61.6 Å². The van der Waals surface area contributed by atoms with E-state index >= 15 is 0 Å². The first-order valence-electron chi connectivity index (χ1n) is 7.65. The highest BCUT2D eigenvalue weighted by atomic mass is 127. The zero-order chi connectivity index (χ0) is 18.7. The molecule has 0 aliphatic carbocycles. The fourth-order valence-electron chi connectivity index (χ4n) is 2.27. The van der Waals surface area contributed by atoms with E-state index in [0.717, 1.165) is 16.7 Å². The van der Waals surface area contributed by atoms with Gasteiger partial charge in [-0.3, -0.25) is 4.79 Å². The highest BCUT2D eigenvalue weighted by Gasteiger charge is 2.12. The van der Waals surface area contributed by atoms with Crippen LogP contribution in [0.1, 0.15) is 23.0 Å². The van der Waals surface area contributed by atoms with Gasteiger partial charge in [-0.2, -0.15) is 5.10 Å². The summed E-state index contributed by atoms with van der Waals surface area (Å²) in [4.78, 5) is 12.2. The third kappa shape index (κ3) is 4.18. The maximum Gasteiger partial charge on any atom is 0.307 e. The number of hydrazone groups is 1. The minimum Gasteiger partial charge on any atom is -0.506 e. The second-order valence-electron chi connectivity index (χ2n) is 5.28. The first-order valence-corrected chi connectivity index (χ1v) is 9.53. The number of aromatic hydroxyl groups is 1. The van der Waals surface area contributed by atoms with Crippen molar-refractivity contribution in [2.24, 2.45) is 5.10 Å². The molecular formula is C18H14BrIN2O4. The van der Waals surface area contributed by atoms with Gasteiger partial charge in [0, 0.05) is 5.39 Å².